The van der Waals surface area contributed by atoms with Crippen LogP contribution >= 0.6 is 0 Å². The number of rotatable bonds is 9. The molecule has 2 unspecified atom stereocenters. The van der Waals surface area contributed by atoms with Gasteiger partial charge >= 0.3 is 30.9 Å². The van der Waals surface area contributed by atoms with Crippen LogP contribution in [0.15, 0.2) is 30.5 Å². The predicted molar refractivity (Wildman–Crippen MR) is 145 cm³/mol. The quantitative estimate of drug-likeness (QED) is 0.211. The highest BCUT2D eigenvalue weighted by Crippen LogP contribution is 2.30. The van der Waals surface area contributed by atoms with Gasteiger partial charge in [-0.3, -0.25) is 19.3 Å². The molecular formula is C26H36BN5O8. The summed E-state index contributed by atoms with van der Waals surface area (Å²) >= 11 is 0. The maximum absolute atomic E-state index is 12.8. The molecule has 0 radical (unpaired) electrons. The highest BCUT2D eigenvalue weighted by Gasteiger charge is 2.39. The Morgan fingerprint density at radius 3 is 2.42 bits per heavy atom. The number of carboxylic acid groups (broad SMARTS) is 1. The molecule has 1 aliphatic carbocycles. The Morgan fingerprint density at radius 2 is 1.85 bits per heavy atom. The maximum Gasteiger partial charge on any atom is 0.546 e. The van der Waals surface area contributed by atoms with Gasteiger partial charge in [-0.25, -0.2) is 9.59 Å². The van der Waals surface area contributed by atoms with Crippen molar-refractivity contribution in [2.24, 2.45) is 5.73 Å². The largest absolute Gasteiger partial charge is 0.546 e. The van der Waals surface area contributed by atoms with Crippen molar-refractivity contribution in [3.63, 3.8) is 0 Å². The van der Waals surface area contributed by atoms with E-state index >= 15 is 0 Å². The third-order valence-corrected chi connectivity index (χ3v) is 7.05. The van der Waals surface area contributed by atoms with Crippen LogP contribution in [0.1, 0.15) is 61.4 Å². The van der Waals surface area contributed by atoms with Crippen molar-refractivity contribution in [1.29, 1.82) is 0 Å². The number of fused-ring (bicyclic) bond motifs is 1. The minimum Gasteiger partial charge on any atom is -0.534 e. The van der Waals surface area contributed by atoms with Gasteiger partial charge in [0.05, 0.1) is 17.5 Å². The van der Waals surface area contributed by atoms with Gasteiger partial charge in [-0.05, 0) is 31.4 Å². The second-order valence-corrected chi connectivity index (χ2v) is 9.85. The van der Waals surface area contributed by atoms with E-state index in [4.69, 9.17) is 10.4 Å². The summed E-state index contributed by atoms with van der Waals surface area (Å²) in [4.78, 5) is 62.3. The van der Waals surface area contributed by atoms with E-state index in [0.29, 0.717) is 12.1 Å². The Balaban J connectivity index is 0.00000101. The summed E-state index contributed by atoms with van der Waals surface area (Å²) < 4.78 is 5.45. The van der Waals surface area contributed by atoms with Crippen molar-refractivity contribution < 1.29 is 38.8 Å². The Bertz CT molecular complexity index is 1150. The molecular weight excluding hydrogens is 521 g/mol. The average Bonchev–Trinajstić information content (AvgIpc) is 2.86. The number of nitrogens with one attached hydrogen (secondary N) is 2. The molecule has 2 atom stereocenters. The summed E-state index contributed by atoms with van der Waals surface area (Å²) in [5, 5.41) is 25.4. The zero-order chi connectivity index (χ0) is 29.4. The molecule has 1 aromatic rings. The summed E-state index contributed by atoms with van der Waals surface area (Å²) in [5.41, 5.74) is 5.91. The monoisotopic (exact) mass is 557 g/mol. The number of carbonyl (C=O) groups excluding carboxylic acids is 4. The molecule has 1 saturated carbocycles. The number of urea groups is 1. The molecule has 40 heavy (non-hydrogen) atoms. The number of imide groups is 1. The summed E-state index contributed by atoms with van der Waals surface area (Å²) in [6.45, 7) is 6.17. The molecule has 0 spiro atoms. The maximum atomic E-state index is 12.8. The summed E-state index contributed by atoms with van der Waals surface area (Å²) in [5.74, 6) is -4.27. The molecule has 1 aromatic carbocycles. The third-order valence-electron chi connectivity index (χ3n) is 7.05. The van der Waals surface area contributed by atoms with Crippen LogP contribution in [0.5, 0.6) is 5.75 Å². The summed E-state index contributed by atoms with van der Waals surface area (Å²) in [6.07, 6.45) is 6.10. The van der Waals surface area contributed by atoms with Gasteiger partial charge in [0.1, 0.15) is 5.75 Å². The van der Waals surface area contributed by atoms with Crippen molar-refractivity contribution in [1.82, 2.24) is 20.4 Å². The topological polar surface area (TPSA) is 192 Å². The molecule has 0 aromatic heterocycles. The Kier molecular flexibility index (Phi) is 10.5. The van der Waals surface area contributed by atoms with Crippen LogP contribution in [-0.4, -0.2) is 88.4 Å². The number of nitrogens with two attached hydrogens (primary N) is 1. The molecule has 13 nitrogen and oxygen atoms in total. The first-order chi connectivity index (χ1) is 19.0. The third kappa shape index (κ3) is 7.53. The van der Waals surface area contributed by atoms with E-state index in [0.717, 1.165) is 4.90 Å². The number of benzene rings is 1. The SMILES string of the molecule is C1CCC1.C=C(NC1Cc2cccc(C(=O)O)c2OB1O)C(CCC(N)=O)NC(=O)N1CCN(CC)C(=O)C1=O. The Labute approximate surface area is 232 Å². The zero-order valence-corrected chi connectivity index (χ0v) is 22.6. The second kappa shape index (κ2) is 13.8. The molecule has 3 aliphatic rings. The molecule has 2 aliphatic heterocycles. The van der Waals surface area contributed by atoms with Crippen LogP contribution in [0.4, 0.5) is 4.79 Å². The Morgan fingerprint density at radius 1 is 1.18 bits per heavy atom. The van der Waals surface area contributed by atoms with Crippen LogP contribution in [0.2, 0.25) is 0 Å². The lowest BCUT2D eigenvalue weighted by molar-refractivity contribution is -0.153. The number of nitrogens with zero attached hydrogens (tertiary/aromatic N) is 2. The van der Waals surface area contributed by atoms with Crippen LogP contribution in [0.3, 0.4) is 0 Å². The summed E-state index contributed by atoms with van der Waals surface area (Å²) in [7, 11) is -1.44. The lowest BCUT2D eigenvalue weighted by atomic mass is 9.72. The highest BCUT2D eigenvalue weighted by atomic mass is 16.5. The molecule has 4 rings (SSSR count). The van der Waals surface area contributed by atoms with E-state index in [1.165, 1.54) is 36.6 Å². The van der Waals surface area contributed by atoms with Gasteiger partial charge in [0.15, 0.2) is 0 Å². The number of aromatic carboxylic acids is 1. The van der Waals surface area contributed by atoms with Gasteiger partial charge in [-0.15, -0.1) is 0 Å². The standard InChI is InChI=1S/C22H28BN5O8.C4H8/c1-3-27-9-10-28(20(31)19(27)30)22(34)26-15(7-8-17(24)29)12(2)25-16-11-13-5-4-6-14(21(32)33)18(13)36-23(16)35;1-2-4-3-1/h4-6,15-16,25,35H,2-3,7-11H2,1H3,(H2,24,29)(H,26,34)(H,32,33);1-4H2. The normalized spacial score (nSPS) is 18.8. The fourth-order valence-electron chi connectivity index (χ4n) is 4.32. The first-order valence-electron chi connectivity index (χ1n) is 13.4. The van der Waals surface area contributed by atoms with Gasteiger partial charge in [-0.2, -0.15) is 0 Å². The number of hydrogen-bond acceptors (Lipinski definition) is 8. The smallest absolute Gasteiger partial charge is 0.534 e. The van der Waals surface area contributed by atoms with Gasteiger partial charge < -0.3 is 36.1 Å². The van der Waals surface area contributed by atoms with E-state index < -0.39 is 48.8 Å². The van der Waals surface area contributed by atoms with Crippen LogP contribution in [-0.2, 0) is 20.8 Å². The van der Waals surface area contributed by atoms with E-state index in [1.54, 1.807) is 19.1 Å². The number of piperazine rings is 1. The first kappa shape index (κ1) is 30.5. The van der Waals surface area contributed by atoms with E-state index in [-0.39, 0.29) is 49.4 Å². The molecule has 6 N–H and O–H groups in total. The molecule has 5 amide bonds. The van der Waals surface area contributed by atoms with Crippen molar-refractivity contribution in [3.8, 4) is 5.75 Å². The first-order valence-corrected chi connectivity index (χ1v) is 13.4. The average molecular weight is 557 g/mol. The van der Waals surface area contributed by atoms with Gasteiger partial charge in [-0.1, -0.05) is 44.4 Å². The molecule has 14 heteroatoms. The molecule has 2 heterocycles. The lowest BCUT2D eigenvalue weighted by Gasteiger charge is -2.34. The van der Waals surface area contributed by atoms with Crippen LogP contribution in [0.25, 0.3) is 0 Å². The fraction of sp³-hybridized carbons (Fsp3) is 0.500. The van der Waals surface area contributed by atoms with Crippen molar-refractivity contribution in [2.75, 3.05) is 19.6 Å². The molecule has 1 saturated heterocycles. The van der Waals surface area contributed by atoms with Gasteiger partial charge in [0, 0.05) is 31.8 Å². The number of likely N-dealkylation sites (N-methyl/N-ethyl adjacent to an activating group) is 1. The van der Waals surface area contributed by atoms with E-state index in [9.17, 15) is 34.1 Å². The van der Waals surface area contributed by atoms with E-state index in [2.05, 4.69) is 17.2 Å². The predicted octanol–water partition coefficient (Wildman–Crippen LogP) is 0.406. The number of carbonyl (C=O) groups is 5. The summed E-state index contributed by atoms with van der Waals surface area (Å²) in [6, 6.07) is 2.86. The molecule has 216 valence electrons. The van der Waals surface area contributed by atoms with Gasteiger partial charge in [0.2, 0.25) is 5.91 Å². The number of hydrogen-bond donors (Lipinski definition) is 5. The van der Waals surface area contributed by atoms with E-state index in [1.807, 2.05) is 0 Å². The zero-order valence-electron chi connectivity index (χ0n) is 22.6. The number of para-hydroxylation sites is 1. The molecule has 2 fully saturated rings. The van der Waals surface area contributed by atoms with Crippen LogP contribution < -0.4 is 21.0 Å². The number of carboxylic acids is 1. The number of primary amides is 1. The highest BCUT2D eigenvalue weighted by molar-refractivity contribution is 6.46. The van der Waals surface area contributed by atoms with Crippen molar-refractivity contribution in [3.05, 3.63) is 41.6 Å². The van der Waals surface area contributed by atoms with Crippen molar-refractivity contribution >= 4 is 36.8 Å². The minimum atomic E-state index is -1.44. The molecule has 0 bridgehead atoms. The minimum absolute atomic E-state index is 0.00453. The Hall–Kier alpha value is -4.07. The van der Waals surface area contributed by atoms with Crippen molar-refractivity contribution in [2.45, 2.75) is 63.9 Å². The lowest BCUT2D eigenvalue weighted by Crippen LogP contribution is -2.60. The number of amides is 5. The van der Waals surface area contributed by atoms with Crippen LogP contribution in [0, 0.1) is 0 Å². The second-order valence-electron chi connectivity index (χ2n) is 9.85. The van der Waals surface area contributed by atoms with Gasteiger partial charge in [0.25, 0.3) is 0 Å². The fourth-order valence-corrected chi connectivity index (χ4v) is 4.32.